The van der Waals surface area contributed by atoms with Gasteiger partial charge in [-0.05, 0) is 19.4 Å². The molecule has 0 saturated carbocycles. The van der Waals surface area contributed by atoms with Crippen LogP contribution in [0.15, 0.2) is 12.3 Å². The molecule has 2 unspecified atom stereocenters. The number of carbonyl (C=O) groups is 1. The zero-order valence-electron chi connectivity index (χ0n) is 9.02. The summed E-state index contributed by atoms with van der Waals surface area (Å²) in [6.07, 6.45) is 2.81. The van der Waals surface area contributed by atoms with Gasteiger partial charge >= 0.3 is 5.97 Å². The largest absolute Gasteiger partial charge is 0.477 e. The van der Waals surface area contributed by atoms with Crippen LogP contribution >= 0.6 is 11.6 Å². The van der Waals surface area contributed by atoms with E-state index < -0.39 is 5.97 Å². The highest BCUT2D eigenvalue weighted by atomic mass is 35.5. The average molecular weight is 244 g/mol. The molecule has 0 radical (unpaired) electrons. The van der Waals surface area contributed by atoms with Gasteiger partial charge in [-0.3, -0.25) is 0 Å². The molecule has 16 heavy (non-hydrogen) atoms. The van der Waals surface area contributed by atoms with Crippen LogP contribution in [0.3, 0.4) is 0 Å². The Labute approximate surface area is 98.8 Å². The van der Waals surface area contributed by atoms with Gasteiger partial charge in [0, 0.05) is 25.3 Å². The van der Waals surface area contributed by atoms with E-state index in [4.69, 9.17) is 21.4 Å². The Hall–Kier alpha value is -1.00. The highest BCUT2D eigenvalue weighted by Gasteiger charge is 2.25. The molecule has 0 aromatic carbocycles. The van der Waals surface area contributed by atoms with Crippen LogP contribution in [0.5, 0.6) is 0 Å². The predicted molar refractivity (Wildman–Crippen MR) is 59.9 cm³/mol. The second kappa shape index (κ2) is 4.47. The molecular formula is C11H14ClNO3. The number of hydrogen-bond donors (Lipinski definition) is 1. The Morgan fingerprint density at radius 1 is 1.75 bits per heavy atom. The molecular weight excluding hydrogens is 230 g/mol. The molecule has 5 heteroatoms. The van der Waals surface area contributed by atoms with Crippen molar-refractivity contribution in [2.24, 2.45) is 5.92 Å². The van der Waals surface area contributed by atoms with E-state index >= 15 is 0 Å². The first-order valence-corrected chi connectivity index (χ1v) is 5.66. The minimum atomic E-state index is -0.946. The van der Waals surface area contributed by atoms with Gasteiger partial charge in [-0.15, -0.1) is 0 Å². The first kappa shape index (κ1) is 11.5. The molecule has 1 fully saturated rings. The number of halogens is 1. The minimum Gasteiger partial charge on any atom is -0.477 e. The van der Waals surface area contributed by atoms with Gasteiger partial charge in [-0.1, -0.05) is 11.6 Å². The van der Waals surface area contributed by atoms with Crippen LogP contribution < -0.4 is 0 Å². The lowest BCUT2D eigenvalue weighted by atomic mass is 10.0. The lowest BCUT2D eigenvalue weighted by Gasteiger charge is -2.15. The monoisotopic (exact) mass is 243 g/mol. The third-order valence-corrected chi connectivity index (χ3v) is 3.25. The maximum atomic E-state index is 11.0. The Bertz CT molecular complexity index is 402. The van der Waals surface area contributed by atoms with Gasteiger partial charge < -0.3 is 14.4 Å². The van der Waals surface area contributed by atoms with Crippen molar-refractivity contribution in [3.8, 4) is 0 Å². The first-order valence-electron chi connectivity index (χ1n) is 5.28. The maximum absolute atomic E-state index is 11.0. The van der Waals surface area contributed by atoms with Crippen LogP contribution in [0.2, 0.25) is 5.02 Å². The molecule has 0 aliphatic carbocycles. The van der Waals surface area contributed by atoms with Gasteiger partial charge in [0.15, 0.2) is 0 Å². The summed E-state index contributed by atoms with van der Waals surface area (Å²) in [7, 11) is 0. The number of carboxylic acids is 1. The van der Waals surface area contributed by atoms with Crippen LogP contribution in [0.4, 0.5) is 0 Å². The van der Waals surface area contributed by atoms with Gasteiger partial charge in [0.2, 0.25) is 0 Å². The van der Waals surface area contributed by atoms with Crippen molar-refractivity contribution in [1.82, 2.24) is 4.57 Å². The summed E-state index contributed by atoms with van der Waals surface area (Å²) in [5, 5.41) is 9.47. The normalized spacial score (nSPS) is 24.9. The van der Waals surface area contributed by atoms with E-state index in [0.29, 0.717) is 17.5 Å². The minimum absolute atomic E-state index is 0.183. The quantitative estimate of drug-likeness (QED) is 0.886. The van der Waals surface area contributed by atoms with E-state index in [2.05, 4.69) is 0 Å². The van der Waals surface area contributed by atoms with Crippen molar-refractivity contribution >= 4 is 17.6 Å². The topological polar surface area (TPSA) is 51.5 Å². The molecule has 1 aromatic rings. The Kier molecular flexibility index (Phi) is 3.21. The lowest BCUT2D eigenvalue weighted by Crippen LogP contribution is -2.19. The Morgan fingerprint density at radius 2 is 2.50 bits per heavy atom. The Balaban J connectivity index is 2.17. The molecule has 0 amide bonds. The SMILES string of the molecule is CC1OCCC1Cn1cc(Cl)cc1C(=O)O. The van der Waals surface area contributed by atoms with Gasteiger partial charge in [0.05, 0.1) is 11.1 Å². The smallest absolute Gasteiger partial charge is 0.352 e. The molecule has 1 aromatic heterocycles. The van der Waals surface area contributed by atoms with Gasteiger partial charge in [0.25, 0.3) is 0 Å². The van der Waals surface area contributed by atoms with Crippen LogP contribution in [0.25, 0.3) is 0 Å². The fourth-order valence-electron chi connectivity index (χ4n) is 2.07. The summed E-state index contributed by atoms with van der Waals surface area (Å²) < 4.78 is 7.15. The predicted octanol–water partition coefficient (Wildman–Crippen LogP) is 2.26. The number of carboxylic acid groups (broad SMARTS) is 1. The second-order valence-corrected chi connectivity index (χ2v) is 4.56. The van der Waals surface area contributed by atoms with E-state index in [9.17, 15) is 4.79 Å². The van der Waals surface area contributed by atoms with Crippen molar-refractivity contribution in [1.29, 1.82) is 0 Å². The molecule has 1 saturated heterocycles. The zero-order chi connectivity index (χ0) is 11.7. The number of hydrogen-bond acceptors (Lipinski definition) is 2. The van der Waals surface area contributed by atoms with Crippen molar-refractivity contribution in [2.45, 2.75) is 26.0 Å². The summed E-state index contributed by atoms with van der Waals surface area (Å²) in [6, 6.07) is 1.48. The molecule has 2 rings (SSSR count). The fraction of sp³-hybridized carbons (Fsp3) is 0.545. The Morgan fingerprint density at radius 3 is 3.06 bits per heavy atom. The highest BCUT2D eigenvalue weighted by Crippen LogP contribution is 2.24. The van der Waals surface area contributed by atoms with Crippen LogP contribution in [0, 0.1) is 5.92 Å². The van der Waals surface area contributed by atoms with E-state index in [-0.39, 0.29) is 11.8 Å². The molecule has 1 aliphatic heterocycles. The molecule has 0 spiro atoms. The summed E-state index contributed by atoms with van der Waals surface area (Å²) in [5.41, 5.74) is 0.240. The molecule has 0 bridgehead atoms. The van der Waals surface area contributed by atoms with E-state index in [1.54, 1.807) is 10.8 Å². The molecule has 2 atom stereocenters. The zero-order valence-corrected chi connectivity index (χ0v) is 9.78. The van der Waals surface area contributed by atoms with Gasteiger partial charge in [-0.2, -0.15) is 0 Å². The van der Waals surface area contributed by atoms with E-state index in [0.717, 1.165) is 13.0 Å². The van der Waals surface area contributed by atoms with Crippen molar-refractivity contribution < 1.29 is 14.6 Å². The number of aromatic carboxylic acids is 1. The van der Waals surface area contributed by atoms with E-state index in [1.165, 1.54) is 6.07 Å². The van der Waals surface area contributed by atoms with Crippen molar-refractivity contribution in [2.75, 3.05) is 6.61 Å². The third-order valence-electron chi connectivity index (χ3n) is 3.05. The van der Waals surface area contributed by atoms with E-state index in [1.807, 2.05) is 6.92 Å². The third kappa shape index (κ3) is 2.23. The summed E-state index contributed by atoms with van der Waals surface area (Å²) >= 11 is 5.82. The molecule has 1 N–H and O–H groups in total. The summed E-state index contributed by atoms with van der Waals surface area (Å²) in [6.45, 7) is 3.42. The highest BCUT2D eigenvalue weighted by molar-refractivity contribution is 6.30. The lowest BCUT2D eigenvalue weighted by molar-refractivity contribution is 0.0679. The summed E-state index contributed by atoms with van der Waals surface area (Å²) in [5.74, 6) is -0.583. The van der Waals surface area contributed by atoms with Crippen LogP contribution in [-0.2, 0) is 11.3 Å². The molecule has 4 nitrogen and oxygen atoms in total. The maximum Gasteiger partial charge on any atom is 0.352 e. The molecule has 88 valence electrons. The fourth-order valence-corrected chi connectivity index (χ4v) is 2.29. The first-order chi connectivity index (χ1) is 7.58. The second-order valence-electron chi connectivity index (χ2n) is 4.13. The number of aromatic nitrogens is 1. The van der Waals surface area contributed by atoms with Gasteiger partial charge in [-0.25, -0.2) is 4.79 Å². The number of rotatable bonds is 3. The number of nitrogens with zero attached hydrogens (tertiary/aromatic N) is 1. The van der Waals surface area contributed by atoms with Crippen molar-refractivity contribution in [3.05, 3.63) is 23.0 Å². The molecule has 1 aliphatic rings. The number of ether oxygens (including phenoxy) is 1. The van der Waals surface area contributed by atoms with Crippen molar-refractivity contribution in [3.63, 3.8) is 0 Å². The van der Waals surface area contributed by atoms with Crippen LogP contribution in [0.1, 0.15) is 23.8 Å². The molecule has 2 heterocycles. The summed E-state index contributed by atoms with van der Waals surface area (Å²) in [4.78, 5) is 11.0. The van der Waals surface area contributed by atoms with Crippen LogP contribution in [-0.4, -0.2) is 28.4 Å². The standard InChI is InChI=1S/C11H14ClNO3/c1-7-8(2-3-16-7)5-13-6-9(12)4-10(13)11(14)15/h4,6-8H,2-3,5H2,1H3,(H,14,15). The average Bonchev–Trinajstić information content (AvgIpc) is 2.75. The van der Waals surface area contributed by atoms with Gasteiger partial charge in [0.1, 0.15) is 5.69 Å².